The summed E-state index contributed by atoms with van der Waals surface area (Å²) in [4.78, 5) is 25.9. The second-order valence-electron chi connectivity index (χ2n) is 7.24. The molecule has 1 N–H and O–H groups in total. The number of halogens is 3. The molecule has 0 radical (unpaired) electrons. The summed E-state index contributed by atoms with van der Waals surface area (Å²) in [7, 11) is 0. The Kier molecular flexibility index (Phi) is 4.53. The zero-order valence-corrected chi connectivity index (χ0v) is 13.3. The van der Waals surface area contributed by atoms with E-state index in [4.69, 9.17) is 4.74 Å². The second kappa shape index (κ2) is 6.20. The summed E-state index contributed by atoms with van der Waals surface area (Å²) in [6.45, 7) is 0.714. The molecule has 0 aromatic rings. The van der Waals surface area contributed by atoms with Gasteiger partial charge in [-0.25, -0.2) is 0 Å². The Morgan fingerprint density at radius 1 is 1.21 bits per heavy atom. The molecule has 1 amide bonds. The summed E-state index contributed by atoms with van der Waals surface area (Å²) in [5, 5.41) is 9.62. The maximum absolute atomic E-state index is 13.3. The highest BCUT2D eigenvalue weighted by Gasteiger charge is 2.57. The van der Waals surface area contributed by atoms with Crippen molar-refractivity contribution in [2.45, 2.75) is 38.3 Å². The number of alkyl halides is 3. The number of ether oxygens (including phenoxy) is 1. The molecule has 3 aliphatic rings. The molecular formula is C16H22F3NO4. The lowest BCUT2D eigenvalue weighted by atomic mass is 9.74. The van der Waals surface area contributed by atoms with Crippen LogP contribution in [0.3, 0.4) is 0 Å². The molecule has 2 aliphatic heterocycles. The fourth-order valence-corrected chi connectivity index (χ4v) is 4.52. The van der Waals surface area contributed by atoms with Gasteiger partial charge in [-0.15, -0.1) is 0 Å². The SMILES string of the molecule is O=C(C1CCCCC1C(F)(F)F)N1C[C@H]2COCC[C@@]2(C(=O)O)C1. The van der Waals surface area contributed by atoms with E-state index in [0.29, 0.717) is 25.9 Å². The quantitative estimate of drug-likeness (QED) is 0.831. The standard InChI is InChI=1S/C16H22F3NO4/c17-16(18,19)12-4-2-1-3-11(12)13(21)20-7-10-8-24-6-5-15(10,9-20)14(22)23/h10-12H,1-9H2,(H,22,23)/t10-,11?,12?,15+/m0/s1. The molecule has 0 spiro atoms. The average Bonchev–Trinajstić information content (AvgIpc) is 2.94. The highest BCUT2D eigenvalue weighted by molar-refractivity contribution is 5.83. The first-order chi connectivity index (χ1) is 11.3. The minimum Gasteiger partial charge on any atom is -0.481 e. The lowest BCUT2D eigenvalue weighted by molar-refractivity contribution is -0.200. The van der Waals surface area contributed by atoms with Crippen molar-refractivity contribution >= 4 is 11.9 Å². The van der Waals surface area contributed by atoms with Crippen molar-refractivity contribution in [3.63, 3.8) is 0 Å². The van der Waals surface area contributed by atoms with E-state index in [2.05, 4.69) is 0 Å². The molecule has 8 heteroatoms. The molecule has 5 nitrogen and oxygen atoms in total. The van der Waals surface area contributed by atoms with E-state index in [1.54, 1.807) is 0 Å². The molecule has 2 saturated heterocycles. The van der Waals surface area contributed by atoms with Crippen molar-refractivity contribution in [1.82, 2.24) is 4.90 Å². The Hall–Kier alpha value is -1.31. The predicted molar refractivity (Wildman–Crippen MR) is 77.1 cm³/mol. The van der Waals surface area contributed by atoms with Crippen LogP contribution in [0.1, 0.15) is 32.1 Å². The van der Waals surface area contributed by atoms with Gasteiger partial charge in [0.15, 0.2) is 0 Å². The van der Waals surface area contributed by atoms with Gasteiger partial charge < -0.3 is 14.7 Å². The van der Waals surface area contributed by atoms with E-state index in [9.17, 15) is 27.9 Å². The lowest BCUT2D eigenvalue weighted by Gasteiger charge is -2.35. The molecule has 0 aromatic heterocycles. The first-order valence-corrected chi connectivity index (χ1v) is 8.42. The van der Waals surface area contributed by atoms with Crippen LogP contribution < -0.4 is 0 Å². The number of carboxylic acids is 1. The van der Waals surface area contributed by atoms with Crippen LogP contribution in [0.25, 0.3) is 0 Å². The van der Waals surface area contributed by atoms with E-state index < -0.39 is 35.3 Å². The summed E-state index contributed by atoms with van der Waals surface area (Å²) in [5.41, 5.74) is -1.07. The summed E-state index contributed by atoms with van der Waals surface area (Å²) in [6, 6.07) is 0. The predicted octanol–water partition coefficient (Wildman–Crippen LogP) is 2.30. The van der Waals surface area contributed by atoms with Gasteiger partial charge in [-0.2, -0.15) is 13.2 Å². The zero-order chi connectivity index (χ0) is 17.5. The molecule has 0 bridgehead atoms. The highest BCUT2D eigenvalue weighted by Crippen LogP contribution is 2.46. The van der Waals surface area contributed by atoms with E-state index in [0.717, 1.165) is 0 Å². The number of hydrogen-bond donors (Lipinski definition) is 1. The number of hydrogen-bond acceptors (Lipinski definition) is 3. The minimum absolute atomic E-state index is 0.00370. The van der Waals surface area contributed by atoms with Gasteiger partial charge in [0.05, 0.1) is 17.9 Å². The Labute approximate surface area is 138 Å². The fraction of sp³-hybridized carbons (Fsp3) is 0.875. The van der Waals surface area contributed by atoms with Gasteiger partial charge in [0.2, 0.25) is 5.91 Å². The molecule has 2 unspecified atom stereocenters. The summed E-state index contributed by atoms with van der Waals surface area (Å²) in [6.07, 6.45) is -2.81. The van der Waals surface area contributed by atoms with Gasteiger partial charge in [0.1, 0.15) is 0 Å². The van der Waals surface area contributed by atoms with E-state index >= 15 is 0 Å². The average molecular weight is 349 g/mol. The smallest absolute Gasteiger partial charge is 0.392 e. The van der Waals surface area contributed by atoms with Crippen molar-refractivity contribution in [2.24, 2.45) is 23.2 Å². The number of fused-ring (bicyclic) bond motifs is 1. The first kappa shape index (κ1) is 17.5. The number of carbonyl (C=O) groups excluding carboxylic acids is 1. The molecule has 1 saturated carbocycles. The van der Waals surface area contributed by atoms with Crippen LogP contribution in [-0.2, 0) is 14.3 Å². The number of likely N-dealkylation sites (tertiary alicyclic amines) is 1. The number of amides is 1. The van der Waals surface area contributed by atoms with E-state index in [1.807, 2.05) is 0 Å². The Morgan fingerprint density at radius 2 is 1.92 bits per heavy atom. The van der Waals surface area contributed by atoms with Crippen molar-refractivity contribution < 1.29 is 32.6 Å². The van der Waals surface area contributed by atoms with Gasteiger partial charge in [-0.3, -0.25) is 9.59 Å². The molecule has 4 atom stereocenters. The van der Waals surface area contributed by atoms with Crippen LogP contribution in [0.4, 0.5) is 13.2 Å². The fourth-order valence-electron chi connectivity index (χ4n) is 4.52. The largest absolute Gasteiger partial charge is 0.481 e. The first-order valence-electron chi connectivity index (χ1n) is 8.42. The van der Waals surface area contributed by atoms with Crippen molar-refractivity contribution in [3.8, 4) is 0 Å². The Balaban J connectivity index is 1.79. The third-order valence-corrected chi connectivity index (χ3v) is 5.95. The second-order valence-corrected chi connectivity index (χ2v) is 7.24. The number of carbonyl (C=O) groups is 2. The maximum Gasteiger partial charge on any atom is 0.392 e. The topological polar surface area (TPSA) is 66.8 Å². The number of rotatable bonds is 2. The molecule has 3 rings (SSSR count). The van der Waals surface area contributed by atoms with Crippen LogP contribution in [0.2, 0.25) is 0 Å². The summed E-state index contributed by atoms with van der Waals surface area (Å²) < 4.78 is 45.1. The van der Waals surface area contributed by atoms with Crippen molar-refractivity contribution in [2.75, 3.05) is 26.3 Å². The van der Waals surface area contributed by atoms with Crippen LogP contribution in [0.15, 0.2) is 0 Å². The number of aliphatic carboxylic acids is 1. The zero-order valence-electron chi connectivity index (χ0n) is 13.3. The number of nitrogens with zero attached hydrogens (tertiary/aromatic N) is 1. The molecular weight excluding hydrogens is 327 g/mol. The van der Waals surface area contributed by atoms with Crippen LogP contribution in [0.5, 0.6) is 0 Å². The van der Waals surface area contributed by atoms with Crippen LogP contribution >= 0.6 is 0 Å². The lowest BCUT2D eigenvalue weighted by Crippen LogP contribution is -2.46. The third kappa shape index (κ3) is 2.89. The summed E-state index contributed by atoms with van der Waals surface area (Å²) >= 11 is 0. The van der Waals surface area contributed by atoms with Gasteiger partial charge in [0, 0.05) is 31.5 Å². The van der Waals surface area contributed by atoms with Crippen molar-refractivity contribution in [3.05, 3.63) is 0 Å². The van der Waals surface area contributed by atoms with Gasteiger partial charge in [-0.05, 0) is 19.3 Å². The van der Waals surface area contributed by atoms with E-state index in [-0.39, 0.29) is 38.5 Å². The minimum atomic E-state index is -4.39. The van der Waals surface area contributed by atoms with Crippen LogP contribution in [0, 0.1) is 23.2 Å². The molecule has 1 aliphatic carbocycles. The molecule has 2 heterocycles. The maximum atomic E-state index is 13.3. The third-order valence-electron chi connectivity index (χ3n) is 5.95. The van der Waals surface area contributed by atoms with E-state index in [1.165, 1.54) is 4.90 Å². The normalized spacial score (nSPS) is 37.1. The Morgan fingerprint density at radius 3 is 2.54 bits per heavy atom. The molecule has 24 heavy (non-hydrogen) atoms. The highest BCUT2D eigenvalue weighted by atomic mass is 19.4. The van der Waals surface area contributed by atoms with Crippen LogP contribution in [-0.4, -0.2) is 54.4 Å². The molecule has 0 aromatic carbocycles. The van der Waals surface area contributed by atoms with Gasteiger partial charge in [-0.1, -0.05) is 12.8 Å². The van der Waals surface area contributed by atoms with Gasteiger partial charge >= 0.3 is 12.1 Å². The van der Waals surface area contributed by atoms with Gasteiger partial charge in [0.25, 0.3) is 0 Å². The molecule has 136 valence electrons. The molecule has 3 fully saturated rings. The summed E-state index contributed by atoms with van der Waals surface area (Å²) in [5.74, 6) is -4.56. The Bertz CT molecular complexity index is 524. The van der Waals surface area contributed by atoms with Crippen molar-refractivity contribution in [1.29, 1.82) is 0 Å². The monoisotopic (exact) mass is 349 g/mol. The number of carboxylic acid groups (broad SMARTS) is 1.